The topological polar surface area (TPSA) is 38.4 Å². The fourth-order valence-corrected chi connectivity index (χ4v) is 1.96. The second-order valence-electron chi connectivity index (χ2n) is 3.45. The molecule has 0 amide bonds. The first-order chi connectivity index (χ1) is 7.31. The SMILES string of the molecule is CSC(N)=NC1C=CCc2ccccc21. The van der Waals surface area contributed by atoms with Crippen LogP contribution in [0.4, 0.5) is 0 Å². The van der Waals surface area contributed by atoms with Crippen molar-refractivity contribution in [3.63, 3.8) is 0 Å². The summed E-state index contributed by atoms with van der Waals surface area (Å²) in [5, 5.41) is 0.640. The van der Waals surface area contributed by atoms with Crippen molar-refractivity contribution in [3.05, 3.63) is 47.5 Å². The minimum Gasteiger partial charge on any atom is -0.379 e. The Morgan fingerprint density at radius 3 is 3.07 bits per heavy atom. The molecule has 0 fully saturated rings. The normalized spacial score (nSPS) is 20.1. The Morgan fingerprint density at radius 1 is 1.47 bits per heavy atom. The van der Waals surface area contributed by atoms with Crippen molar-refractivity contribution < 1.29 is 0 Å². The molecule has 0 saturated carbocycles. The van der Waals surface area contributed by atoms with E-state index < -0.39 is 0 Å². The van der Waals surface area contributed by atoms with Gasteiger partial charge in [-0.3, -0.25) is 4.99 Å². The molecule has 2 rings (SSSR count). The number of hydrogen-bond donors (Lipinski definition) is 1. The summed E-state index contributed by atoms with van der Waals surface area (Å²) >= 11 is 1.49. The summed E-state index contributed by atoms with van der Waals surface area (Å²) in [6, 6.07) is 8.49. The first-order valence-corrected chi connectivity index (χ1v) is 6.15. The molecule has 0 spiro atoms. The van der Waals surface area contributed by atoms with Crippen molar-refractivity contribution in [2.24, 2.45) is 10.7 Å². The van der Waals surface area contributed by atoms with Crippen LogP contribution in [-0.4, -0.2) is 11.4 Å². The second kappa shape index (κ2) is 4.53. The van der Waals surface area contributed by atoms with Crippen molar-refractivity contribution in [2.45, 2.75) is 12.5 Å². The average molecular weight is 218 g/mol. The molecule has 1 aromatic rings. The fraction of sp³-hybridized carbons (Fsp3) is 0.250. The minimum atomic E-state index is 0.0994. The summed E-state index contributed by atoms with van der Waals surface area (Å²) in [6.07, 6.45) is 7.22. The molecule has 1 aromatic carbocycles. The largest absolute Gasteiger partial charge is 0.379 e. The molecular formula is C12H14N2S. The van der Waals surface area contributed by atoms with Gasteiger partial charge in [0.2, 0.25) is 0 Å². The Bertz CT molecular complexity index is 410. The van der Waals surface area contributed by atoms with Crippen LogP contribution in [0.5, 0.6) is 0 Å². The highest BCUT2D eigenvalue weighted by Gasteiger charge is 2.14. The van der Waals surface area contributed by atoms with Crippen molar-refractivity contribution >= 4 is 16.9 Å². The lowest BCUT2D eigenvalue weighted by atomic mass is 9.93. The number of hydrogen-bond acceptors (Lipinski definition) is 2. The van der Waals surface area contributed by atoms with Gasteiger partial charge in [0.1, 0.15) is 0 Å². The Kier molecular flexibility index (Phi) is 3.11. The van der Waals surface area contributed by atoms with Gasteiger partial charge in [0.05, 0.1) is 6.04 Å². The van der Waals surface area contributed by atoms with Crippen LogP contribution in [0.15, 0.2) is 41.4 Å². The third kappa shape index (κ3) is 2.23. The van der Waals surface area contributed by atoms with E-state index in [0.717, 1.165) is 6.42 Å². The minimum absolute atomic E-state index is 0.0994. The smallest absolute Gasteiger partial charge is 0.154 e. The van der Waals surface area contributed by atoms with Crippen LogP contribution in [0.3, 0.4) is 0 Å². The van der Waals surface area contributed by atoms with E-state index in [1.54, 1.807) is 0 Å². The van der Waals surface area contributed by atoms with Crippen LogP contribution in [-0.2, 0) is 6.42 Å². The monoisotopic (exact) mass is 218 g/mol. The molecular weight excluding hydrogens is 204 g/mol. The summed E-state index contributed by atoms with van der Waals surface area (Å²) in [5.74, 6) is 0. The third-order valence-corrected chi connectivity index (χ3v) is 3.03. The molecule has 1 aliphatic rings. The van der Waals surface area contributed by atoms with E-state index in [-0.39, 0.29) is 6.04 Å². The Balaban J connectivity index is 2.34. The predicted molar refractivity (Wildman–Crippen MR) is 67.2 cm³/mol. The van der Waals surface area contributed by atoms with E-state index in [4.69, 9.17) is 5.73 Å². The first kappa shape index (κ1) is 10.3. The maximum atomic E-state index is 5.74. The Hall–Kier alpha value is -1.22. The summed E-state index contributed by atoms with van der Waals surface area (Å²) in [5.41, 5.74) is 8.36. The molecule has 1 aliphatic carbocycles. The van der Waals surface area contributed by atoms with Crippen LogP contribution >= 0.6 is 11.8 Å². The number of thioether (sulfide) groups is 1. The number of nitrogens with zero attached hydrogens (tertiary/aromatic N) is 1. The van der Waals surface area contributed by atoms with E-state index in [1.807, 2.05) is 6.26 Å². The molecule has 78 valence electrons. The van der Waals surface area contributed by atoms with Gasteiger partial charge in [0.25, 0.3) is 0 Å². The summed E-state index contributed by atoms with van der Waals surface area (Å²) in [6.45, 7) is 0. The van der Waals surface area contributed by atoms with Gasteiger partial charge >= 0.3 is 0 Å². The Labute approximate surface area is 94.3 Å². The van der Waals surface area contributed by atoms with Gasteiger partial charge in [-0.05, 0) is 23.8 Å². The van der Waals surface area contributed by atoms with Crippen molar-refractivity contribution in [3.8, 4) is 0 Å². The average Bonchev–Trinajstić information content (AvgIpc) is 2.29. The lowest BCUT2D eigenvalue weighted by molar-refractivity contribution is 0.867. The summed E-state index contributed by atoms with van der Waals surface area (Å²) in [4.78, 5) is 4.47. The quantitative estimate of drug-likeness (QED) is 0.447. The summed E-state index contributed by atoms with van der Waals surface area (Å²) in [7, 11) is 0. The van der Waals surface area contributed by atoms with Gasteiger partial charge in [-0.1, -0.05) is 48.2 Å². The number of rotatable bonds is 1. The molecule has 2 nitrogen and oxygen atoms in total. The van der Waals surface area contributed by atoms with Crippen LogP contribution in [0.2, 0.25) is 0 Å². The number of fused-ring (bicyclic) bond motifs is 1. The highest BCUT2D eigenvalue weighted by atomic mass is 32.2. The maximum Gasteiger partial charge on any atom is 0.154 e. The maximum absolute atomic E-state index is 5.74. The Morgan fingerprint density at radius 2 is 2.27 bits per heavy atom. The van der Waals surface area contributed by atoms with Gasteiger partial charge in [-0.15, -0.1) is 0 Å². The van der Waals surface area contributed by atoms with E-state index in [2.05, 4.69) is 41.4 Å². The lowest BCUT2D eigenvalue weighted by Gasteiger charge is -2.17. The molecule has 0 aromatic heterocycles. The van der Waals surface area contributed by atoms with Crippen LogP contribution < -0.4 is 5.73 Å². The van der Waals surface area contributed by atoms with Crippen LogP contribution in [0, 0.1) is 0 Å². The number of amidine groups is 1. The number of nitrogens with two attached hydrogens (primary N) is 1. The fourth-order valence-electron chi connectivity index (χ4n) is 1.74. The molecule has 0 bridgehead atoms. The molecule has 1 unspecified atom stereocenters. The molecule has 3 heteroatoms. The van der Waals surface area contributed by atoms with Gasteiger partial charge in [-0.25, -0.2) is 0 Å². The van der Waals surface area contributed by atoms with Crippen molar-refractivity contribution in [1.29, 1.82) is 0 Å². The van der Waals surface area contributed by atoms with E-state index in [9.17, 15) is 0 Å². The third-order valence-electron chi connectivity index (χ3n) is 2.51. The van der Waals surface area contributed by atoms with E-state index in [0.29, 0.717) is 5.17 Å². The van der Waals surface area contributed by atoms with E-state index in [1.165, 1.54) is 22.9 Å². The molecule has 0 radical (unpaired) electrons. The highest BCUT2D eigenvalue weighted by Crippen LogP contribution is 2.28. The van der Waals surface area contributed by atoms with Gasteiger partial charge < -0.3 is 5.73 Å². The number of allylic oxidation sites excluding steroid dienone is 1. The number of aliphatic imine (C=N–C) groups is 1. The van der Waals surface area contributed by atoms with Crippen molar-refractivity contribution in [1.82, 2.24) is 0 Å². The second-order valence-corrected chi connectivity index (χ2v) is 4.27. The molecule has 0 saturated heterocycles. The molecule has 1 atom stereocenters. The predicted octanol–water partition coefficient (Wildman–Crippen LogP) is 2.52. The zero-order valence-corrected chi connectivity index (χ0v) is 9.50. The first-order valence-electron chi connectivity index (χ1n) is 4.93. The molecule has 2 N–H and O–H groups in total. The van der Waals surface area contributed by atoms with E-state index >= 15 is 0 Å². The van der Waals surface area contributed by atoms with Crippen LogP contribution in [0.25, 0.3) is 0 Å². The lowest BCUT2D eigenvalue weighted by Crippen LogP contribution is -2.10. The molecule has 0 heterocycles. The highest BCUT2D eigenvalue weighted by molar-refractivity contribution is 8.13. The van der Waals surface area contributed by atoms with Gasteiger partial charge in [0, 0.05) is 0 Å². The van der Waals surface area contributed by atoms with Crippen molar-refractivity contribution in [2.75, 3.05) is 6.26 Å². The molecule has 15 heavy (non-hydrogen) atoms. The number of benzene rings is 1. The van der Waals surface area contributed by atoms with Gasteiger partial charge in [-0.2, -0.15) is 0 Å². The summed E-state index contributed by atoms with van der Waals surface area (Å²) < 4.78 is 0. The zero-order chi connectivity index (χ0) is 10.7. The molecule has 0 aliphatic heterocycles. The van der Waals surface area contributed by atoms with Gasteiger partial charge in [0.15, 0.2) is 5.17 Å². The standard InChI is InChI=1S/C12H14N2S/c1-15-12(13)14-11-8-4-6-9-5-2-3-7-10(9)11/h2-5,7-8,11H,6H2,1H3,(H2,13,14). The zero-order valence-electron chi connectivity index (χ0n) is 8.68. The van der Waals surface area contributed by atoms with Crippen LogP contribution in [0.1, 0.15) is 17.2 Å².